The van der Waals surface area contributed by atoms with Gasteiger partial charge in [-0.25, -0.2) is 0 Å². The van der Waals surface area contributed by atoms with Crippen LogP contribution in [0.15, 0.2) is 11.6 Å². The molecular formula is C39H64O6. The number of aliphatic hydroxyl groups excluding tert-OH is 2. The first-order valence-corrected chi connectivity index (χ1v) is 18.9. The van der Waals surface area contributed by atoms with Crippen molar-refractivity contribution in [3.05, 3.63) is 11.6 Å². The maximum Gasteiger partial charge on any atom is 0.306 e. The molecule has 0 heterocycles. The summed E-state index contributed by atoms with van der Waals surface area (Å²) in [7, 11) is 0. The van der Waals surface area contributed by atoms with Gasteiger partial charge in [-0.05, 0) is 74.2 Å². The van der Waals surface area contributed by atoms with E-state index in [-0.39, 0.29) is 41.3 Å². The Morgan fingerprint density at radius 1 is 0.844 bits per heavy atom. The maximum absolute atomic E-state index is 13.5. The lowest BCUT2D eigenvalue weighted by atomic mass is 9.45. The zero-order valence-corrected chi connectivity index (χ0v) is 28.9. The maximum atomic E-state index is 13.5. The molecule has 0 unspecified atom stereocenters. The first-order chi connectivity index (χ1) is 21.6. The van der Waals surface area contributed by atoms with Crippen LogP contribution in [-0.4, -0.2) is 46.1 Å². The quantitative estimate of drug-likeness (QED) is 0.110. The van der Waals surface area contributed by atoms with Crippen molar-refractivity contribution >= 4 is 17.5 Å². The Kier molecular flexibility index (Phi) is 13.3. The highest BCUT2D eigenvalue weighted by atomic mass is 16.6. The lowest BCUT2D eigenvalue weighted by Crippen LogP contribution is -2.63. The number of ketones is 2. The molecule has 0 aliphatic heterocycles. The summed E-state index contributed by atoms with van der Waals surface area (Å²) in [5.41, 5.74) is -1.15. The molecule has 0 aromatic carbocycles. The number of carbonyl (C=O) groups is 3. The number of fused-ring (bicyclic) bond motifs is 5. The summed E-state index contributed by atoms with van der Waals surface area (Å²) in [4.78, 5) is 38.9. The SMILES string of the molecule is CCCCCCCCCCCCCCCCCC(=O)O[C@]1(C(=O)CO)CC[C@H]2[C@@H]3CCC4=CC(=O)CC[C@]4(C)[C@H]3[C@@H](O)C[C@@]21C. The number of aliphatic hydroxyl groups is 2. The molecule has 0 aromatic rings. The van der Waals surface area contributed by atoms with Gasteiger partial charge in [0.2, 0.25) is 5.78 Å². The molecule has 256 valence electrons. The van der Waals surface area contributed by atoms with E-state index in [4.69, 9.17) is 4.74 Å². The second-order valence-electron chi connectivity index (χ2n) is 15.7. The second kappa shape index (κ2) is 16.5. The van der Waals surface area contributed by atoms with Gasteiger partial charge in [-0.15, -0.1) is 0 Å². The Bertz CT molecular complexity index is 1030. The van der Waals surface area contributed by atoms with Crippen molar-refractivity contribution < 1.29 is 29.3 Å². The van der Waals surface area contributed by atoms with Crippen LogP contribution in [0.25, 0.3) is 0 Å². The molecule has 3 fully saturated rings. The highest BCUT2D eigenvalue weighted by molar-refractivity contribution is 5.92. The summed E-state index contributed by atoms with van der Waals surface area (Å²) >= 11 is 0. The fourth-order valence-electron chi connectivity index (χ4n) is 10.4. The Labute approximate surface area is 273 Å². The van der Waals surface area contributed by atoms with Gasteiger partial charge < -0.3 is 14.9 Å². The van der Waals surface area contributed by atoms with E-state index in [0.29, 0.717) is 19.3 Å². The van der Waals surface area contributed by atoms with Crippen molar-refractivity contribution in [2.75, 3.05) is 6.61 Å². The third-order valence-corrected chi connectivity index (χ3v) is 12.9. The topological polar surface area (TPSA) is 101 Å². The van der Waals surface area contributed by atoms with E-state index >= 15 is 0 Å². The van der Waals surface area contributed by atoms with Gasteiger partial charge in [0.1, 0.15) is 6.61 Å². The highest BCUT2D eigenvalue weighted by Crippen LogP contribution is 2.68. The average molecular weight is 629 g/mol. The smallest absolute Gasteiger partial charge is 0.306 e. The standard InChI is InChI=1S/C39H64O6/c1-4-5-6-7-8-9-10-11-12-13-14-15-16-17-18-19-35(44)45-39(34(43)28-40)25-23-32-31-21-20-29-26-30(41)22-24-37(29,2)36(31)33(42)27-38(32,39)3/h26,31-33,36,40,42H,4-25,27-28H2,1-3H3/t31-,32-,33-,36+,37-,38-,39-/m0/s1. The van der Waals surface area contributed by atoms with Gasteiger partial charge in [-0.3, -0.25) is 14.4 Å². The molecule has 4 aliphatic rings. The predicted molar refractivity (Wildman–Crippen MR) is 179 cm³/mol. The predicted octanol–water partition coefficient (Wildman–Crippen LogP) is 8.59. The number of Topliss-reactive ketones (excluding diaryl/α,β-unsaturated/α-hetero) is 1. The molecule has 3 saturated carbocycles. The summed E-state index contributed by atoms with van der Waals surface area (Å²) in [6.07, 6.45) is 24.9. The van der Waals surface area contributed by atoms with E-state index in [9.17, 15) is 24.6 Å². The molecule has 7 atom stereocenters. The Hall–Kier alpha value is -1.53. The zero-order chi connectivity index (χ0) is 32.5. The molecule has 0 saturated heterocycles. The van der Waals surface area contributed by atoms with E-state index < -0.39 is 29.5 Å². The molecule has 0 bridgehead atoms. The van der Waals surface area contributed by atoms with Crippen LogP contribution in [0.3, 0.4) is 0 Å². The number of esters is 1. The molecule has 0 aromatic heterocycles. The van der Waals surface area contributed by atoms with Crippen molar-refractivity contribution in [3.63, 3.8) is 0 Å². The normalized spacial score (nSPS) is 34.1. The summed E-state index contributed by atoms with van der Waals surface area (Å²) in [6, 6.07) is 0. The van der Waals surface area contributed by atoms with Crippen LogP contribution in [0.4, 0.5) is 0 Å². The van der Waals surface area contributed by atoms with Gasteiger partial charge >= 0.3 is 5.97 Å². The van der Waals surface area contributed by atoms with Crippen LogP contribution in [-0.2, 0) is 19.1 Å². The number of rotatable bonds is 19. The molecule has 6 heteroatoms. The van der Waals surface area contributed by atoms with Crippen molar-refractivity contribution in [3.8, 4) is 0 Å². The van der Waals surface area contributed by atoms with Crippen molar-refractivity contribution in [2.24, 2.45) is 28.6 Å². The van der Waals surface area contributed by atoms with E-state index in [2.05, 4.69) is 13.8 Å². The summed E-state index contributed by atoms with van der Waals surface area (Å²) in [5.74, 6) is -0.247. The molecular weight excluding hydrogens is 564 g/mol. The minimum absolute atomic E-state index is 0.0275. The van der Waals surface area contributed by atoms with Gasteiger partial charge in [0.05, 0.1) is 6.10 Å². The van der Waals surface area contributed by atoms with Crippen molar-refractivity contribution in [2.45, 2.75) is 180 Å². The monoisotopic (exact) mass is 628 g/mol. The van der Waals surface area contributed by atoms with Gasteiger partial charge in [0, 0.05) is 18.3 Å². The number of unbranched alkanes of at least 4 members (excludes halogenated alkanes) is 14. The fraction of sp³-hybridized carbons (Fsp3) is 0.872. The minimum Gasteiger partial charge on any atom is -0.450 e. The van der Waals surface area contributed by atoms with Gasteiger partial charge in [0.25, 0.3) is 0 Å². The molecule has 0 spiro atoms. The molecule has 4 aliphatic carbocycles. The first-order valence-electron chi connectivity index (χ1n) is 18.9. The largest absolute Gasteiger partial charge is 0.450 e. The minimum atomic E-state index is -1.38. The van der Waals surface area contributed by atoms with Crippen LogP contribution in [0.2, 0.25) is 0 Å². The van der Waals surface area contributed by atoms with Crippen LogP contribution >= 0.6 is 0 Å². The van der Waals surface area contributed by atoms with Gasteiger partial charge in [-0.1, -0.05) is 116 Å². The number of ether oxygens (including phenoxy) is 1. The number of hydrogen-bond donors (Lipinski definition) is 2. The highest BCUT2D eigenvalue weighted by Gasteiger charge is 2.70. The van der Waals surface area contributed by atoms with E-state index in [1.165, 1.54) is 82.6 Å². The Morgan fingerprint density at radius 3 is 2.00 bits per heavy atom. The van der Waals surface area contributed by atoms with Crippen LogP contribution in [0, 0.1) is 28.6 Å². The summed E-state index contributed by atoms with van der Waals surface area (Å²) in [5, 5.41) is 21.8. The first kappa shape index (κ1) is 36.3. The average Bonchev–Trinajstić information content (AvgIpc) is 3.30. The molecule has 45 heavy (non-hydrogen) atoms. The molecule has 0 amide bonds. The Balaban J connectivity index is 1.23. The number of hydrogen-bond acceptors (Lipinski definition) is 6. The second-order valence-corrected chi connectivity index (χ2v) is 15.7. The number of allylic oxidation sites excluding steroid dienone is 1. The zero-order valence-electron chi connectivity index (χ0n) is 28.9. The molecule has 2 N–H and O–H groups in total. The van der Waals surface area contributed by atoms with Crippen molar-refractivity contribution in [1.29, 1.82) is 0 Å². The molecule has 4 rings (SSSR count). The lowest BCUT2D eigenvalue weighted by molar-refractivity contribution is -0.202. The van der Waals surface area contributed by atoms with Crippen LogP contribution in [0.5, 0.6) is 0 Å². The van der Waals surface area contributed by atoms with E-state index in [0.717, 1.165) is 44.9 Å². The summed E-state index contributed by atoms with van der Waals surface area (Å²) in [6.45, 7) is 5.84. The van der Waals surface area contributed by atoms with E-state index in [1.807, 2.05) is 13.0 Å². The number of carbonyl (C=O) groups excluding carboxylic acids is 3. The lowest BCUT2D eigenvalue weighted by Gasteiger charge is -2.60. The molecule has 6 nitrogen and oxygen atoms in total. The van der Waals surface area contributed by atoms with Crippen LogP contribution < -0.4 is 0 Å². The summed E-state index contributed by atoms with van der Waals surface area (Å²) < 4.78 is 6.20. The van der Waals surface area contributed by atoms with E-state index in [1.54, 1.807) is 0 Å². The molecule has 0 radical (unpaired) electrons. The third kappa shape index (κ3) is 7.96. The van der Waals surface area contributed by atoms with Gasteiger partial charge in [0.15, 0.2) is 11.4 Å². The fourth-order valence-corrected chi connectivity index (χ4v) is 10.4. The third-order valence-electron chi connectivity index (χ3n) is 12.9. The van der Waals surface area contributed by atoms with Gasteiger partial charge in [-0.2, -0.15) is 0 Å². The van der Waals surface area contributed by atoms with Crippen LogP contribution in [0.1, 0.15) is 168 Å². The Morgan fingerprint density at radius 2 is 1.42 bits per heavy atom. The van der Waals surface area contributed by atoms with Crippen molar-refractivity contribution in [1.82, 2.24) is 0 Å².